The lowest BCUT2D eigenvalue weighted by molar-refractivity contribution is -0.115. The molecule has 1 saturated heterocycles. The van der Waals surface area contributed by atoms with Crippen molar-refractivity contribution in [2.45, 2.75) is 42.3 Å². The zero-order chi connectivity index (χ0) is 26.6. The lowest BCUT2D eigenvalue weighted by atomic mass is 10.0. The van der Waals surface area contributed by atoms with E-state index in [0.717, 1.165) is 27.1 Å². The third kappa shape index (κ3) is 5.39. The van der Waals surface area contributed by atoms with Gasteiger partial charge in [0.1, 0.15) is 17.6 Å². The molecular formula is C29H28N4O3S2. The highest BCUT2D eigenvalue weighted by Crippen LogP contribution is 2.44. The van der Waals surface area contributed by atoms with Gasteiger partial charge in [0.25, 0.3) is 0 Å². The number of benzene rings is 2. The molecule has 0 saturated carbocycles. The number of hydrogen-bond donors (Lipinski definition) is 2. The number of amides is 1. The Morgan fingerprint density at radius 2 is 1.97 bits per heavy atom. The number of nitrogens with zero attached hydrogens (tertiary/aromatic N) is 2. The summed E-state index contributed by atoms with van der Waals surface area (Å²) in [7, 11) is 1.58. The van der Waals surface area contributed by atoms with Crippen molar-refractivity contribution >= 4 is 46.4 Å². The Labute approximate surface area is 231 Å². The summed E-state index contributed by atoms with van der Waals surface area (Å²) in [4.78, 5) is 19.7. The number of pyridine rings is 1. The van der Waals surface area contributed by atoms with Crippen LogP contribution >= 0.6 is 24.0 Å². The summed E-state index contributed by atoms with van der Waals surface area (Å²) >= 11 is 7.40. The van der Waals surface area contributed by atoms with Crippen molar-refractivity contribution in [3.63, 3.8) is 0 Å². The van der Waals surface area contributed by atoms with Gasteiger partial charge in [0, 0.05) is 29.3 Å². The van der Waals surface area contributed by atoms with Gasteiger partial charge in [-0.3, -0.25) is 9.78 Å². The van der Waals surface area contributed by atoms with E-state index in [1.807, 2.05) is 60.4 Å². The normalized spacial score (nSPS) is 16.8. The molecule has 0 unspecified atom stereocenters. The van der Waals surface area contributed by atoms with Crippen LogP contribution in [-0.2, 0) is 4.79 Å². The molecule has 1 amide bonds. The Kier molecular flexibility index (Phi) is 7.67. The summed E-state index contributed by atoms with van der Waals surface area (Å²) in [6.45, 7) is 3.88. The third-order valence-electron chi connectivity index (χ3n) is 6.29. The molecule has 0 spiro atoms. The molecule has 0 bridgehead atoms. The van der Waals surface area contributed by atoms with Gasteiger partial charge in [0.2, 0.25) is 5.91 Å². The van der Waals surface area contributed by atoms with Crippen LogP contribution in [0.15, 0.2) is 93.4 Å². The molecule has 2 aromatic carbocycles. The summed E-state index contributed by atoms with van der Waals surface area (Å²) in [5, 5.41) is 7.66. The fourth-order valence-corrected chi connectivity index (χ4v) is 5.49. The van der Waals surface area contributed by atoms with Crippen molar-refractivity contribution in [1.29, 1.82) is 0 Å². The number of carbonyl (C=O) groups is 1. The lowest BCUT2D eigenvalue weighted by Gasteiger charge is -2.26. The number of carbonyl (C=O) groups excluding carboxylic acids is 1. The molecule has 0 aliphatic carbocycles. The number of anilines is 2. The van der Waals surface area contributed by atoms with E-state index < -0.39 is 0 Å². The zero-order valence-corrected chi connectivity index (χ0v) is 22.9. The Morgan fingerprint density at radius 1 is 1.16 bits per heavy atom. The highest BCUT2D eigenvalue weighted by molar-refractivity contribution is 7.99. The fraction of sp³-hybridized carbons (Fsp3) is 0.207. The molecule has 0 radical (unpaired) electrons. The molecule has 194 valence electrons. The lowest BCUT2D eigenvalue weighted by Crippen LogP contribution is -2.29. The maximum atomic E-state index is 12.0. The number of aryl methyl sites for hydroxylation is 1. The van der Waals surface area contributed by atoms with Crippen LogP contribution in [0.4, 0.5) is 11.4 Å². The van der Waals surface area contributed by atoms with Gasteiger partial charge in [-0.2, -0.15) is 0 Å². The molecule has 3 heterocycles. The third-order valence-corrected chi connectivity index (χ3v) is 7.53. The van der Waals surface area contributed by atoms with Gasteiger partial charge in [0.15, 0.2) is 10.2 Å². The second-order valence-electron chi connectivity index (χ2n) is 8.85. The quantitative estimate of drug-likeness (QED) is 0.238. The second kappa shape index (κ2) is 11.3. The van der Waals surface area contributed by atoms with Crippen molar-refractivity contribution in [3.05, 3.63) is 96.0 Å². The topological polar surface area (TPSA) is 79.6 Å². The molecule has 4 aromatic rings. The van der Waals surface area contributed by atoms with Crippen LogP contribution in [0.5, 0.6) is 5.75 Å². The van der Waals surface area contributed by atoms with Crippen LogP contribution in [0.25, 0.3) is 0 Å². The van der Waals surface area contributed by atoms with E-state index >= 15 is 0 Å². The van der Waals surface area contributed by atoms with Crippen LogP contribution in [0.3, 0.4) is 0 Å². The van der Waals surface area contributed by atoms with Crippen LogP contribution in [0, 0.1) is 6.92 Å². The van der Waals surface area contributed by atoms with E-state index in [0.29, 0.717) is 23.0 Å². The molecule has 38 heavy (non-hydrogen) atoms. The Morgan fingerprint density at radius 3 is 2.68 bits per heavy atom. The Hall–Kier alpha value is -3.82. The average molecular weight is 545 g/mol. The van der Waals surface area contributed by atoms with Gasteiger partial charge < -0.3 is 24.7 Å². The van der Waals surface area contributed by atoms with E-state index in [-0.39, 0.29) is 18.0 Å². The zero-order valence-electron chi connectivity index (χ0n) is 21.3. The molecule has 1 aliphatic rings. The number of furan rings is 1. The van der Waals surface area contributed by atoms with Crippen molar-refractivity contribution in [2.24, 2.45) is 0 Å². The summed E-state index contributed by atoms with van der Waals surface area (Å²) in [5.41, 5.74) is 3.48. The monoisotopic (exact) mass is 544 g/mol. The maximum absolute atomic E-state index is 12.0. The summed E-state index contributed by atoms with van der Waals surface area (Å²) in [6.07, 6.45) is 2.15. The number of rotatable bonds is 8. The molecule has 9 heteroatoms. The minimum atomic E-state index is -0.300. The van der Waals surface area contributed by atoms with Gasteiger partial charge in [-0.25, -0.2) is 0 Å². The van der Waals surface area contributed by atoms with Crippen LogP contribution < -0.4 is 20.3 Å². The number of methoxy groups -OCH3 is 1. The highest BCUT2D eigenvalue weighted by atomic mass is 32.2. The van der Waals surface area contributed by atoms with Crippen molar-refractivity contribution < 1.29 is 13.9 Å². The SMILES string of the molecule is CCC(=O)Nc1ccc(N2C(=S)N[C@H](c3ccccn3)[C@@H]2c2ccc(Sc3ccc(C)cc3)o2)cc1OC. The van der Waals surface area contributed by atoms with Gasteiger partial charge in [-0.05, 0) is 67.7 Å². The summed E-state index contributed by atoms with van der Waals surface area (Å²) < 4.78 is 12.0. The molecule has 7 nitrogen and oxygen atoms in total. The first-order chi connectivity index (χ1) is 18.5. The van der Waals surface area contributed by atoms with E-state index in [1.165, 1.54) is 5.56 Å². The van der Waals surface area contributed by atoms with E-state index in [4.69, 9.17) is 21.4 Å². The van der Waals surface area contributed by atoms with Gasteiger partial charge in [-0.15, -0.1) is 0 Å². The second-order valence-corrected chi connectivity index (χ2v) is 10.3. The number of hydrogen-bond acceptors (Lipinski definition) is 6. The van der Waals surface area contributed by atoms with Crippen LogP contribution in [0.2, 0.25) is 0 Å². The number of ether oxygens (including phenoxy) is 1. The van der Waals surface area contributed by atoms with Gasteiger partial charge >= 0.3 is 0 Å². The average Bonchev–Trinajstić information content (AvgIpc) is 3.54. The number of thiocarbonyl (C=S) groups is 1. The molecule has 5 rings (SSSR count). The van der Waals surface area contributed by atoms with Crippen LogP contribution in [0.1, 0.15) is 42.4 Å². The van der Waals surface area contributed by atoms with Crippen LogP contribution in [-0.4, -0.2) is 23.1 Å². The first kappa shape index (κ1) is 25.8. The fourth-order valence-electron chi connectivity index (χ4n) is 4.36. The first-order valence-corrected chi connectivity index (χ1v) is 13.5. The Bertz CT molecular complexity index is 1440. The number of aromatic nitrogens is 1. The van der Waals surface area contributed by atoms with Gasteiger partial charge in [0.05, 0.1) is 24.5 Å². The molecule has 2 atom stereocenters. The van der Waals surface area contributed by atoms with E-state index in [9.17, 15) is 4.79 Å². The van der Waals surface area contributed by atoms with Gasteiger partial charge in [-0.1, -0.05) is 42.4 Å². The first-order valence-electron chi connectivity index (χ1n) is 12.3. The molecule has 1 fully saturated rings. The summed E-state index contributed by atoms with van der Waals surface area (Å²) in [5.74, 6) is 1.21. The molecular weight excluding hydrogens is 516 g/mol. The highest BCUT2D eigenvalue weighted by Gasteiger charge is 2.42. The predicted molar refractivity (Wildman–Crippen MR) is 154 cm³/mol. The van der Waals surface area contributed by atoms with E-state index in [2.05, 4.69) is 46.8 Å². The Balaban J connectivity index is 1.52. The smallest absolute Gasteiger partial charge is 0.224 e. The summed E-state index contributed by atoms with van der Waals surface area (Å²) in [6, 6.07) is 23.2. The van der Waals surface area contributed by atoms with Crippen molar-refractivity contribution in [2.75, 3.05) is 17.3 Å². The van der Waals surface area contributed by atoms with E-state index in [1.54, 1.807) is 25.1 Å². The standard InChI is InChI=1S/C29H28N4O3S2/c1-4-25(34)31-21-13-10-19(17-24(21)35-3)33-28(27(32-29(33)37)22-7-5-6-16-30-22)23-14-15-26(36-23)38-20-11-8-18(2)9-12-20/h5-17,27-28H,4H2,1-3H3,(H,31,34)(H,32,37)/t27-,28+/m1/s1. The molecule has 2 aromatic heterocycles. The largest absolute Gasteiger partial charge is 0.494 e. The number of nitrogens with one attached hydrogen (secondary N) is 2. The van der Waals surface area contributed by atoms with Crippen molar-refractivity contribution in [1.82, 2.24) is 10.3 Å². The van der Waals surface area contributed by atoms with Crippen molar-refractivity contribution in [3.8, 4) is 5.75 Å². The minimum absolute atomic E-state index is 0.0864. The molecule has 1 aliphatic heterocycles. The molecule has 2 N–H and O–H groups in total. The minimum Gasteiger partial charge on any atom is -0.494 e. The predicted octanol–water partition coefficient (Wildman–Crippen LogP) is 6.67. The maximum Gasteiger partial charge on any atom is 0.224 e.